The maximum atomic E-state index is 11.8. The van der Waals surface area contributed by atoms with Gasteiger partial charge >= 0.3 is 0 Å². The minimum Gasteiger partial charge on any atom is -0.489 e. The van der Waals surface area contributed by atoms with E-state index < -0.39 is 0 Å². The van der Waals surface area contributed by atoms with Crippen molar-refractivity contribution in [1.82, 2.24) is 5.32 Å². The van der Waals surface area contributed by atoms with E-state index in [1.807, 2.05) is 24.3 Å². The first-order valence-electron chi connectivity index (χ1n) is 8.21. The van der Waals surface area contributed by atoms with Crippen molar-refractivity contribution < 1.29 is 9.53 Å². The van der Waals surface area contributed by atoms with Crippen LogP contribution in [-0.4, -0.2) is 19.0 Å². The summed E-state index contributed by atoms with van der Waals surface area (Å²) in [5.74, 6) is 0.735. The van der Waals surface area contributed by atoms with Gasteiger partial charge < -0.3 is 15.8 Å². The first-order valence-corrected chi connectivity index (χ1v) is 8.21. The molecule has 3 N–H and O–H groups in total. The first-order chi connectivity index (χ1) is 11.4. The summed E-state index contributed by atoms with van der Waals surface area (Å²) < 4.78 is 5.81. The molecular weight excluding hydrogens is 300 g/mol. The molecule has 0 saturated carbocycles. The van der Waals surface area contributed by atoms with Gasteiger partial charge in [-0.05, 0) is 40.8 Å². The topological polar surface area (TPSA) is 64.3 Å². The zero-order valence-electron chi connectivity index (χ0n) is 14.6. The molecule has 2 aromatic rings. The third-order valence-electron chi connectivity index (χ3n) is 3.77. The summed E-state index contributed by atoms with van der Waals surface area (Å²) in [4.78, 5) is 11.8. The van der Waals surface area contributed by atoms with Crippen LogP contribution in [-0.2, 0) is 12.0 Å². The quantitative estimate of drug-likeness (QED) is 0.856. The van der Waals surface area contributed by atoms with E-state index in [9.17, 15) is 4.79 Å². The van der Waals surface area contributed by atoms with Crippen LogP contribution >= 0.6 is 0 Å². The zero-order valence-corrected chi connectivity index (χ0v) is 14.6. The summed E-state index contributed by atoms with van der Waals surface area (Å²) in [6, 6.07) is 15.6. The van der Waals surface area contributed by atoms with Crippen LogP contribution in [0.2, 0.25) is 0 Å². The fraction of sp³-hybridized carbons (Fsp3) is 0.350. The second-order valence-corrected chi connectivity index (χ2v) is 6.80. The largest absolute Gasteiger partial charge is 0.489 e. The lowest BCUT2D eigenvalue weighted by atomic mass is 9.87. The van der Waals surface area contributed by atoms with Gasteiger partial charge in [-0.15, -0.1) is 0 Å². The van der Waals surface area contributed by atoms with Crippen LogP contribution in [0.5, 0.6) is 5.75 Å². The van der Waals surface area contributed by atoms with Crippen LogP contribution in [0.4, 0.5) is 0 Å². The fourth-order valence-electron chi connectivity index (χ4n) is 2.26. The number of ether oxygens (including phenoxy) is 1. The Labute approximate surface area is 144 Å². The number of carbonyl (C=O) groups is 1. The number of carbonyl (C=O) groups excluding carboxylic acids is 1. The van der Waals surface area contributed by atoms with E-state index in [0.717, 1.165) is 11.3 Å². The lowest BCUT2D eigenvalue weighted by Crippen LogP contribution is -2.28. The molecule has 0 heterocycles. The zero-order chi connectivity index (χ0) is 17.6. The van der Waals surface area contributed by atoms with Crippen molar-refractivity contribution in [2.24, 2.45) is 5.73 Å². The smallest absolute Gasteiger partial charge is 0.251 e. The first kappa shape index (κ1) is 18.0. The van der Waals surface area contributed by atoms with Crippen molar-refractivity contribution in [2.75, 3.05) is 13.1 Å². The summed E-state index contributed by atoms with van der Waals surface area (Å²) in [7, 11) is 0. The van der Waals surface area contributed by atoms with Gasteiger partial charge in [0.1, 0.15) is 12.4 Å². The molecule has 2 aromatic carbocycles. The summed E-state index contributed by atoms with van der Waals surface area (Å²) in [6.45, 7) is 7.95. The van der Waals surface area contributed by atoms with Crippen LogP contribution in [0.3, 0.4) is 0 Å². The predicted octanol–water partition coefficient (Wildman–Crippen LogP) is 3.25. The Morgan fingerprint density at radius 2 is 1.67 bits per heavy atom. The van der Waals surface area contributed by atoms with Crippen molar-refractivity contribution in [3.05, 3.63) is 65.2 Å². The van der Waals surface area contributed by atoms with Crippen molar-refractivity contribution in [3.8, 4) is 5.75 Å². The molecule has 24 heavy (non-hydrogen) atoms. The van der Waals surface area contributed by atoms with Crippen LogP contribution in [0.1, 0.15) is 42.3 Å². The molecule has 0 aliphatic rings. The Morgan fingerprint density at radius 3 is 2.21 bits per heavy atom. The molecule has 0 bridgehead atoms. The molecule has 2 rings (SSSR count). The van der Waals surface area contributed by atoms with Gasteiger partial charge in [0, 0.05) is 18.7 Å². The number of hydrogen-bond donors (Lipinski definition) is 2. The van der Waals surface area contributed by atoms with Crippen molar-refractivity contribution in [2.45, 2.75) is 32.8 Å². The monoisotopic (exact) mass is 326 g/mol. The highest BCUT2D eigenvalue weighted by atomic mass is 16.5. The predicted molar refractivity (Wildman–Crippen MR) is 97.3 cm³/mol. The van der Waals surface area contributed by atoms with E-state index in [4.69, 9.17) is 10.5 Å². The Balaban J connectivity index is 1.91. The minimum atomic E-state index is -0.106. The molecule has 0 aliphatic carbocycles. The molecule has 0 aliphatic heterocycles. The molecule has 0 radical (unpaired) electrons. The molecule has 0 aromatic heterocycles. The van der Waals surface area contributed by atoms with Crippen LogP contribution in [0.15, 0.2) is 48.5 Å². The lowest BCUT2D eigenvalue weighted by molar-refractivity contribution is 0.0954. The van der Waals surface area contributed by atoms with E-state index >= 15 is 0 Å². The normalized spacial score (nSPS) is 11.2. The highest BCUT2D eigenvalue weighted by molar-refractivity contribution is 5.94. The molecular formula is C20H26N2O2. The van der Waals surface area contributed by atoms with E-state index in [1.54, 1.807) is 12.1 Å². The molecule has 0 unspecified atom stereocenters. The SMILES string of the molecule is CC(C)(C)c1ccc(OCc2ccc(C(=O)NCCN)cc2)cc1. The highest BCUT2D eigenvalue weighted by Crippen LogP contribution is 2.24. The van der Waals surface area contributed by atoms with Gasteiger partial charge in [-0.1, -0.05) is 45.0 Å². The van der Waals surface area contributed by atoms with Gasteiger partial charge in [0.15, 0.2) is 0 Å². The minimum absolute atomic E-state index is 0.106. The third kappa shape index (κ3) is 5.10. The third-order valence-corrected chi connectivity index (χ3v) is 3.77. The second kappa shape index (κ2) is 7.97. The Kier molecular flexibility index (Phi) is 5.99. The van der Waals surface area contributed by atoms with Crippen LogP contribution in [0, 0.1) is 0 Å². The summed E-state index contributed by atoms with van der Waals surface area (Å²) >= 11 is 0. The number of benzene rings is 2. The molecule has 1 amide bonds. The summed E-state index contributed by atoms with van der Waals surface area (Å²) in [5.41, 5.74) is 8.44. The molecule has 0 spiro atoms. The highest BCUT2D eigenvalue weighted by Gasteiger charge is 2.13. The Bertz CT molecular complexity index is 656. The van der Waals surface area contributed by atoms with Crippen LogP contribution < -0.4 is 15.8 Å². The standard InChI is InChI=1S/C20H26N2O2/c1-20(2,3)17-8-10-18(11-9-17)24-14-15-4-6-16(7-5-15)19(23)22-13-12-21/h4-11H,12-14,21H2,1-3H3,(H,22,23). The number of nitrogens with two attached hydrogens (primary N) is 1. The van der Waals surface area contributed by atoms with Gasteiger partial charge in [-0.3, -0.25) is 4.79 Å². The lowest BCUT2D eigenvalue weighted by Gasteiger charge is -2.19. The van der Waals surface area contributed by atoms with Crippen LogP contribution in [0.25, 0.3) is 0 Å². The Hall–Kier alpha value is -2.33. The van der Waals surface area contributed by atoms with Crippen molar-refractivity contribution in [3.63, 3.8) is 0 Å². The fourth-order valence-corrected chi connectivity index (χ4v) is 2.26. The molecule has 4 nitrogen and oxygen atoms in total. The maximum absolute atomic E-state index is 11.8. The van der Waals surface area contributed by atoms with Gasteiger partial charge in [0.25, 0.3) is 5.91 Å². The molecule has 0 fully saturated rings. The number of hydrogen-bond acceptors (Lipinski definition) is 3. The maximum Gasteiger partial charge on any atom is 0.251 e. The second-order valence-electron chi connectivity index (χ2n) is 6.80. The molecule has 128 valence electrons. The summed E-state index contributed by atoms with van der Waals surface area (Å²) in [6.07, 6.45) is 0. The van der Waals surface area contributed by atoms with Gasteiger partial charge in [0.05, 0.1) is 0 Å². The average molecular weight is 326 g/mol. The number of amides is 1. The molecule has 4 heteroatoms. The number of rotatable bonds is 6. The van der Waals surface area contributed by atoms with E-state index in [0.29, 0.717) is 25.3 Å². The van der Waals surface area contributed by atoms with Crippen molar-refractivity contribution >= 4 is 5.91 Å². The molecule has 0 saturated heterocycles. The average Bonchev–Trinajstić information content (AvgIpc) is 2.58. The molecule has 0 atom stereocenters. The van der Waals surface area contributed by atoms with E-state index in [1.165, 1.54) is 5.56 Å². The van der Waals surface area contributed by atoms with E-state index in [-0.39, 0.29) is 11.3 Å². The van der Waals surface area contributed by atoms with Gasteiger partial charge in [0.2, 0.25) is 0 Å². The van der Waals surface area contributed by atoms with Gasteiger partial charge in [-0.2, -0.15) is 0 Å². The van der Waals surface area contributed by atoms with Crippen molar-refractivity contribution in [1.29, 1.82) is 0 Å². The van der Waals surface area contributed by atoms with Gasteiger partial charge in [-0.25, -0.2) is 0 Å². The van der Waals surface area contributed by atoms with E-state index in [2.05, 4.69) is 38.2 Å². The number of nitrogens with one attached hydrogen (secondary N) is 1. The Morgan fingerprint density at radius 1 is 1.04 bits per heavy atom. The summed E-state index contributed by atoms with van der Waals surface area (Å²) in [5, 5.41) is 2.75.